The standard InChI is InChI=1S/C17H23N3O/c1-12(2)10-18-17(21)16-13(3)19-20(14(16)4)11-15-8-6-5-7-9-15/h5-9,12H,10-11H2,1-4H3,(H,18,21). The maximum atomic E-state index is 12.3. The molecule has 0 saturated carbocycles. The van der Waals surface area contributed by atoms with Crippen molar-refractivity contribution in [3.05, 3.63) is 52.8 Å². The van der Waals surface area contributed by atoms with Crippen LogP contribution in [0, 0.1) is 19.8 Å². The SMILES string of the molecule is Cc1nn(Cc2ccccc2)c(C)c1C(=O)NCC(C)C. The van der Waals surface area contributed by atoms with Crippen molar-refractivity contribution in [3.8, 4) is 0 Å². The van der Waals surface area contributed by atoms with E-state index in [1.54, 1.807) is 0 Å². The van der Waals surface area contributed by atoms with Crippen LogP contribution in [0.3, 0.4) is 0 Å². The molecule has 0 spiro atoms. The van der Waals surface area contributed by atoms with Crippen molar-refractivity contribution >= 4 is 5.91 Å². The molecule has 0 aliphatic rings. The van der Waals surface area contributed by atoms with Crippen LogP contribution < -0.4 is 5.32 Å². The van der Waals surface area contributed by atoms with Crippen molar-refractivity contribution in [2.45, 2.75) is 34.2 Å². The Morgan fingerprint density at radius 3 is 2.52 bits per heavy atom. The van der Waals surface area contributed by atoms with E-state index in [0.717, 1.165) is 11.4 Å². The lowest BCUT2D eigenvalue weighted by molar-refractivity contribution is 0.0947. The molecule has 0 aliphatic heterocycles. The second kappa shape index (κ2) is 6.57. The highest BCUT2D eigenvalue weighted by Gasteiger charge is 2.18. The summed E-state index contributed by atoms with van der Waals surface area (Å²) in [7, 11) is 0. The third kappa shape index (κ3) is 3.72. The van der Waals surface area contributed by atoms with E-state index in [0.29, 0.717) is 24.6 Å². The van der Waals surface area contributed by atoms with Gasteiger partial charge in [-0.3, -0.25) is 9.48 Å². The van der Waals surface area contributed by atoms with Crippen molar-refractivity contribution in [1.82, 2.24) is 15.1 Å². The van der Waals surface area contributed by atoms with Crippen LogP contribution in [0.15, 0.2) is 30.3 Å². The maximum absolute atomic E-state index is 12.3. The van der Waals surface area contributed by atoms with Crippen molar-refractivity contribution in [3.63, 3.8) is 0 Å². The van der Waals surface area contributed by atoms with Crippen LogP contribution >= 0.6 is 0 Å². The van der Waals surface area contributed by atoms with Crippen LogP contribution in [0.2, 0.25) is 0 Å². The van der Waals surface area contributed by atoms with Gasteiger partial charge in [0.15, 0.2) is 0 Å². The Kier molecular flexibility index (Phi) is 4.78. The molecule has 4 heteroatoms. The molecule has 1 aromatic carbocycles. The lowest BCUT2D eigenvalue weighted by atomic mass is 10.1. The molecule has 2 rings (SSSR count). The molecule has 0 bridgehead atoms. The number of aryl methyl sites for hydroxylation is 1. The van der Waals surface area contributed by atoms with Crippen molar-refractivity contribution in [2.24, 2.45) is 5.92 Å². The van der Waals surface area contributed by atoms with E-state index in [1.165, 1.54) is 5.56 Å². The number of hydrogen-bond donors (Lipinski definition) is 1. The van der Waals surface area contributed by atoms with Crippen LogP contribution in [-0.2, 0) is 6.54 Å². The van der Waals surface area contributed by atoms with Gasteiger partial charge in [-0.25, -0.2) is 0 Å². The number of hydrogen-bond acceptors (Lipinski definition) is 2. The van der Waals surface area contributed by atoms with Gasteiger partial charge in [0.2, 0.25) is 0 Å². The zero-order chi connectivity index (χ0) is 15.4. The lowest BCUT2D eigenvalue weighted by Crippen LogP contribution is -2.28. The summed E-state index contributed by atoms with van der Waals surface area (Å²) < 4.78 is 1.90. The van der Waals surface area contributed by atoms with Gasteiger partial charge in [0, 0.05) is 12.2 Å². The average molecular weight is 285 g/mol. The van der Waals surface area contributed by atoms with E-state index in [9.17, 15) is 4.79 Å². The molecule has 4 nitrogen and oxygen atoms in total. The van der Waals surface area contributed by atoms with Gasteiger partial charge < -0.3 is 5.32 Å². The number of nitrogens with one attached hydrogen (secondary N) is 1. The molecule has 112 valence electrons. The Hall–Kier alpha value is -2.10. The third-order valence-electron chi connectivity index (χ3n) is 3.45. The van der Waals surface area contributed by atoms with Gasteiger partial charge in [-0.1, -0.05) is 44.2 Å². The molecule has 1 heterocycles. The Morgan fingerprint density at radius 1 is 1.24 bits per heavy atom. The van der Waals surface area contributed by atoms with Crippen LogP contribution in [-0.4, -0.2) is 22.2 Å². The molecular weight excluding hydrogens is 262 g/mol. The fourth-order valence-electron chi connectivity index (χ4n) is 2.32. The number of benzene rings is 1. The smallest absolute Gasteiger partial charge is 0.255 e. The molecular formula is C17H23N3O. The monoisotopic (exact) mass is 285 g/mol. The molecule has 0 fully saturated rings. The first-order valence-electron chi connectivity index (χ1n) is 7.35. The summed E-state index contributed by atoms with van der Waals surface area (Å²) in [5, 5.41) is 7.47. The number of amides is 1. The fourth-order valence-corrected chi connectivity index (χ4v) is 2.32. The van der Waals surface area contributed by atoms with Gasteiger partial charge in [0.1, 0.15) is 0 Å². The van der Waals surface area contributed by atoms with Gasteiger partial charge in [0.25, 0.3) is 5.91 Å². The number of aromatic nitrogens is 2. The number of rotatable bonds is 5. The molecule has 2 aromatic rings. The summed E-state index contributed by atoms with van der Waals surface area (Å²) in [4.78, 5) is 12.3. The predicted octanol–water partition coefficient (Wildman–Crippen LogP) is 2.93. The minimum atomic E-state index is -0.0296. The Labute approximate surface area is 126 Å². The van der Waals surface area contributed by atoms with Crippen molar-refractivity contribution in [2.75, 3.05) is 6.54 Å². The van der Waals surface area contributed by atoms with E-state index >= 15 is 0 Å². The molecule has 0 saturated heterocycles. The van der Waals surface area contributed by atoms with E-state index in [4.69, 9.17) is 0 Å². The molecule has 0 unspecified atom stereocenters. The Balaban J connectivity index is 2.19. The normalized spacial score (nSPS) is 10.9. The van der Waals surface area contributed by atoms with Gasteiger partial charge >= 0.3 is 0 Å². The summed E-state index contributed by atoms with van der Waals surface area (Å²) >= 11 is 0. The van der Waals surface area contributed by atoms with E-state index < -0.39 is 0 Å². The summed E-state index contributed by atoms with van der Waals surface area (Å²) in [5.41, 5.74) is 3.58. The minimum absolute atomic E-state index is 0.0296. The molecule has 1 amide bonds. The van der Waals surface area contributed by atoms with Gasteiger partial charge in [-0.15, -0.1) is 0 Å². The average Bonchev–Trinajstić information content (AvgIpc) is 2.72. The largest absolute Gasteiger partial charge is 0.352 e. The van der Waals surface area contributed by atoms with Gasteiger partial charge in [0.05, 0.1) is 17.8 Å². The van der Waals surface area contributed by atoms with E-state index in [2.05, 4.69) is 36.4 Å². The van der Waals surface area contributed by atoms with Crippen molar-refractivity contribution < 1.29 is 4.79 Å². The molecule has 0 atom stereocenters. The first-order chi connectivity index (χ1) is 9.99. The quantitative estimate of drug-likeness (QED) is 0.918. The molecule has 0 aliphatic carbocycles. The highest BCUT2D eigenvalue weighted by atomic mass is 16.1. The summed E-state index contributed by atoms with van der Waals surface area (Å²) in [6, 6.07) is 10.1. The van der Waals surface area contributed by atoms with Crippen LogP contribution in [0.4, 0.5) is 0 Å². The summed E-state index contributed by atoms with van der Waals surface area (Å²) in [5.74, 6) is 0.409. The number of carbonyl (C=O) groups is 1. The molecule has 1 aromatic heterocycles. The Bertz CT molecular complexity index is 614. The molecule has 21 heavy (non-hydrogen) atoms. The highest BCUT2D eigenvalue weighted by molar-refractivity contribution is 5.96. The second-order valence-electron chi connectivity index (χ2n) is 5.79. The van der Waals surface area contributed by atoms with Crippen LogP contribution in [0.5, 0.6) is 0 Å². The maximum Gasteiger partial charge on any atom is 0.255 e. The molecule has 1 N–H and O–H groups in total. The third-order valence-corrected chi connectivity index (χ3v) is 3.45. The topological polar surface area (TPSA) is 46.9 Å². The fraction of sp³-hybridized carbons (Fsp3) is 0.412. The van der Waals surface area contributed by atoms with Crippen molar-refractivity contribution in [1.29, 1.82) is 0 Å². The predicted molar refractivity (Wildman–Crippen MR) is 84.4 cm³/mol. The zero-order valence-electron chi connectivity index (χ0n) is 13.2. The summed E-state index contributed by atoms with van der Waals surface area (Å²) in [6.45, 7) is 9.37. The zero-order valence-corrected chi connectivity index (χ0v) is 13.2. The van der Waals surface area contributed by atoms with Gasteiger partial charge in [-0.05, 0) is 25.3 Å². The van der Waals surface area contributed by atoms with Crippen LogP contribution in [0.25, 0.3) is 0 Å². The number of carbonyl (C=O) groups excluding carboxylic acids is 1. The van der Waals surface area contributed by atoms with E-state index in [1.807, 2.05) is 36.7 Å². The number of nitrogens with zero attached hydrogens (tertiary/aromatic N) is 2. The van der Waals surface area contributed by atoms with Crippen LogP contribution in [0.1, 0.15) is 41.2 Å². The first kappa shape index (κ1) is 15.3. The van der Waals surface area contributed by atoms with Gasteiger partial charge in [-0.2, -0.15) is 5.10 Å². The lowest BCUT2D eigenvalue weighted by Gasteiger charge is -2.08. The minimum Gasteiger partial charge on any atom is -0.352 e. The molecule has 0 radical (unpaired) electrons. The second-order valence-corrected chi connectivity index (χ2v) is 5.79. The Morgan fingerprint density at radius 2 is 1.90 bits per heavy atom. The van der Waals surface area contributed by atoms with E-state index in [-0.39, 0.29) is 5.91 Å². The highest BCUT2D eigenvalue weighted by Crippen LogP contribution is 2.15. The first-order valence-corrected chi connectivity index (χ1v) is 7.35. The summed E-state index contributed by atoms with van der Waals surface area (Å²) in [6.07, 6.45) is 0.